The maximum absolute atomic E-state index is 14.4. The van der Waals surface area contributed by atoms with E-state index in [0.29, 0.717) is 36.2 Å². The van der Waals surface area contributed by atoms with Crippen LogP contribution in [-0.4, -0.2) is 23.6 Å². The zero-order chi connectivity index (χ0) is 37.6. The molecule has 3 nitrogen and oxygen atoms in total. The minimum absolute atomic E-state index is 0.0788. The summed E-state index contributed by atoms with van der Waals surface area (Å²) in [6.45, 7) is -0.784. The van der Waals surface area contributed by atoms with Gasteiger partial charge < -0.3 is 4.84 Å². The van der Waals surface area contributed by atoms with Crippen molar-refractivity contribution in [1.29, 1.82) is 0 Å². The molecule has 0 unspecified atom stereocenters. The molecule has 0 spiro atoms. The number of rotatable bonds is 8. The first-order valence-electron chi connectivity index (χ1n) is 18.3. The summed E-state index contributed by atoms with van der Waals surface area (Å²) in [6.07, 6.45) is -20.0. The van der Waals surface area contributed by atoms with Gasteiger partial charge in [0.05, 0.1) is 11.3 Å². The number of likely N-dealkylation sites (tertiary alicyclic amines) is 1. The van der Waals surface area contributed by atoms with Crippen LogP contribution in [0.4, 0.5) is 13.2 Å². The van der Waals surface area contributed by atoms with Gasteiger partial charge in [-0.15, -0.1) is 0 Å². The van der Waals surface area contributed by atoms with Crippen molar-refractivity contribution in [3.05, 3.63) is 69.8 Å². The van der Waals surface area contributed by atoms with Crippen molar-refractivity contribution in [3.8, 4) is 0 Å². The fourth-order valence-electron chi connectivity index (χ4n) is 3.78. The van der Waals surface area contributed by atoms with Crippen LogP contribution in [0, 0.1) is 5.89 Å². The SMILES string of the molecule is [2H]C1C([2H])([2H])N(Cc2ccc(/C(C)=N/OCc3ccc(C4C([2H])([2H])C([2H])([2H])C([2H])(C)C([2H])([2H])C4([2H])[2H])c(C(F)(F)F)c3)cc2CC)C1([2H])[2H]. The lowest BCUT2D eigenvalue weighted by atomic mass is 9.78. The topological polar surface area (TPSA) is 24.8 Å². The van der Waals surface area contributed by atoms with Gasteiger partial charge in [-0.2, -0.15) is 13.2 Å². The molecule has 2 fully saturated rings. The molecule has 2 aliphatic rings. The number of hydrogen-bond donors (Lipinski definition) is 0. The van der Waals surface area contributed by atoms with Crippen LogP contribution >= 0.6 is 0 Å². The number of alkyl halides is 3. The van der Waals surface area contributed by atoms with Crippen LogP contribution in [0.3, 0.4) is 0 Å². The summed E-state index contributed by atoms with van der Waals surface area (Å²) in [7, 11) is 0. The van der Waals surface area contributed by atoms with Gasteiger partial charge in [0.2, 0.25) is 0 Å². The lowest BCUT2D eigenvalue weighted by molar-refractivity contribution is -0.138. The average molecular weight is 501 g/mol. The fourth-order valence-corrected chi connectivity index (χ4v) is 3.78. The van der Waals surface area contributed by atoms with Gasteiger partial charge in [-0.25, -0.2) is 0 Å². The molecule has 0 radical (unpaired) electrons. The van der Waals surface area contributed by atoms with Crippen molar-refractivity contribution in [2.24, 2.45) is 11.0 Å². The van der Waals surface area contributed by atoms with E-state index in [-0.39, 0.29) is 12.1 Å². The van der Waals surface area contributed by atoms with Crippen molar-refractivity contribution in [3.63, 3.8) is 0 Å². The van der Waals surface area contributed by atoms with Gasteiger partial charge >= 0.3 is 6.18 Å². The van der Waals surface area contributed by atoms with Gasteiger partial charge in [0, 0.05) is 25.7 Å². The van der Waals surface area contributed by atoms with E-state index in [0.717, 1.165) is 22.6 Å². The van der Waals surface area contributed by atoms with Gasteiger partial charge in [0.15, 0.2) is 0 Å². The van der Waals surface area contributed by atoms with E-state index in [2.05, 4.69) is 5.16 Å². The zero-order valence-corrected chi connectivity index (χ0v) is 19.7. The highest BCUT2D eigenvalue weighted by Gasteiger charge is 2.36. The molecule has 4 rings (SSSR count). The van der Waals surface area contributed by atoms with Crippen molar-refractivity contribution < 1.29 is 37.2 Å². The normalized spacial score (nSPS) is 38.8. The summed E-state index contributed by atoms with van der Waals surface area (Å²) in [5, 5.41) is 3.98. The van der Waals surface area contributed by atoms with Crippen molar-refractivity contribution in [1.82, 2.24) is 4.90 Å². The number of benzene rings is 2. The van der Waals surface area contributed by atoms with Crippen molar-refractivity contribution in [2.75, 3.05) is 13.0 Å². The van der Waals surface area contributed by atoms with E-state index >= 15 is 0 Å². The molecule has 35 heavy (non-hydrogen) atoms. The largest absolute Gasteiger partial charge is 0.416 e. The van der Waals surface area contributed by atoms with E-state index in [1.807, 2.05) is 6.92 Å². The van der Waals surface area contributed by atoms with Gasteiger partial charge in [0.1, 0.15) is 6.61 Å². The Bertz CT molecular complexity index is 1580. The molecule has 1 saturated heterocycles. The predicted octanol–water partition coefficient (Wildman–Crippen LogP) is 7.71. The second kappa shape index (κ2) is 11.2. The molecule has 0 amide bonds. The first-order chi connectivity index (χ1) is 22.0. The molecule has 1 saturated carbocycles. The van der Waals surface area contributed by atoms with E-state index < -0.39 is 80.6 Å². The zero-order valence-electron chi connectivity index (χ0n) is 33.7. The second-order valence-electron chi connectivity index (χ2n) is 8.29. The Morgan fingerprint density at radius 3 is 2.54 bits per heavy atom. The highest BCUT2D eigenvalue weighted by molar-refractivity contribution is 5.98. The van der Waals surface area contributed by atoms with E-state index in [9.17, 15) is 13.2 Å². The maximum Gasteiger partial charge on any atom is 0.416 e. The minimum Gasteiger partial charge on any atom is -0.391 e. The van der Waals surface area contributed by atoms with Crippen LogP contribution in [0.25, 0.3) is 0 Å². The number of aryl methyl sites for hydroxylation is 1. The van der Waals surface area contributed by atoms with Crippen LogP contribution in [0.5, 0.6) is 0 Å². The van der Waals surface area contributed by atoms with Crippen LogP contribution in [0.15, 0.2) is 41.6 Å². The summed E-state index contributed by atoms with van der Waals surface area (Å²) < 4.78 is 158. The standard InChI is InChI=1S/C29H37F3N2O/c1-4-23-17-25(11-12-26(23)18-34-14-5-15-34)21(3)33-35-19-22-8-13-27(28(16-22)29(30,31)32)24-9-6-20(2)7-10-24/h8,11-13,16-17,20,24H,4-7,9-10,14-15,18-19H2,1-3H3/b33-21+/i5D,6D2,7D2,9D2,10D2,14D2,15D2,20D. The monoisotopic (exact) mass is 500 g/mol. The summed E-state index contributed by atoms with van der Waals surface area (Å²) >= 11 is 0. The van der Waals surface area contributed by atoms with E-state index in [4.69, 9.17) is 24.0 Å². The first-order valence-corrected chi connectivity index (χ1v) is 11.2. The summed E-state index contributed by atoms with van der Waals surface area (Å²) in [5.41, 5.74) is -0.342. The molecule has 1 aliphatic heterocycles. The molecule has 0 atom stereocenters. The number of halogens is 3. The van der Waals surface area contributed by atoms with Crippen LogP contribution < -0.4 is 0 Å². The third kappa shape index (κ3) is 6.46. The fraction of sp³-hybridized carbons (Fsp3) is 0.552. The number of nitrogens with zero attached hydrogens (tertiary/aromatic N) is 2. The lowest BCUT2D eigenvalue weighted by Gasteiger charge is -2.31. The highest BCUT2D eigenvalue weighted by Crippen LogP contribution is 2.42. The van der Waals surface area contributed by atoms with Crippen LogP contribution in [-0.2, 0) is 30.6 Å². The third-order valence-electron chi connectivity index (χ3n) is 5.75. The smallest absolute Gasteiger partial charge is 0.391 e. The number of oxime groups is 1. The molecule has 0 N–H and O–H groups in total. The highest BCUT2D eigenvalue weighted by atomic mass is 19.4. The predicted molar refractivity (Wildman–Crippen MR) is 135 cm³/mol. The molecular formula is C29H37F3N2O. The van der Waals surface area contributed by atoms with Gasteiger partial charge in [-0.1, -0.05) is 56.0 Å². The van der Waals surface area contributed by atoms with E-state index in [1.165, 1.54) is 0 Å². The molecule has 1 aliphatic carbocycles. The van der Waals surface area contributed by atoms with Gasteiger partial charge in [0.25, 0.3) is 0 Å². The van der Waals surface area contributed by atoms with Crippen LogP contribution in [0.2, 0.25) is 0 Å². The van der Waals surface area contributed by atoms with Crippen molar-refractivity contribution in [2.45, 2.75) is 84.3 Å². The number of hydrogen-bond acceptors (Lipinski definition) is 3. The lowest BCUT2D eigenvalue weighted by Crippen LogP contribution is -2.36. The van der Waals surface area contributed by atoms with Crippen molar-refractivity contribution >= 4 is 5.71 Å². The Balaban J connectivity index is 1.61. The Kier molecular flexibility index (Phi) is 4.23. The molecule has 1 heterocycles. The summed E-state index contributed by atoms with van der Waals surface area (Å²) in [5.74, 6) is -5.59. The molecular weight excluding hydrogens is 449 g/mol. The first kappa shape index (κ1) is 13.3. The third-order valence-corrected chi connectivity index (χ3v) is 5.75. The molecule has 6 heteroatoms. The molecule has 0 aromatic heterocycles. The second-order valence-corrected chi connectivity index (χ2v) is 8.29. The maximum atomic E-state index is 14.4. The van der Waals surface area contributed by atoms with Gasteiger partial charge in [-0.3, -0.25) is 4.90 Å². The average Bonchev–Trinajstić information content (AvgIpc) is 2.98. The Morgan fingerprint density at radius 2 is 1.86 bits per heavy atom. The molecule has 190 valence electrons. The van der Waals surface area contributed by atoms with Crippen LogP contribution in [0.1, 0.15) is 111 Å². The summed E-state index contributed by atoms with van der Waals surface area (Å²) in [4.78, 5) is 6.30. The summed E-state index contributed by atoms with van der Waals surface area (Å²) in [6, 6.07) is 7.50. The molecule has 0 bridgehead atoms. The quantitative estimate of drug-likeness (QED) is 0.274. The minimum atomic E-state index is -5.19. The van der Waals surface area contributed by atoms with E-state index in [1.54, 1.807) is 25.1 Å². The Morgan fingerprint density at radius 1 is 1.11 bits per heavy atom. The molecule has 2 aromatic carbocycles. The van der Waals surface area contributed by atoms with Gasteiger partial charge in [-0.05, 0) is 97.2 Å². The Labute approximate surface area is 227 Å². The molecule has 2 aromatic rings. The Hall–Kier alpha value is -2.34.